The predicted molar refractivity (Wildman–Crippen MR) is 80.2 cm³/mol. The summed E-state index contributed by atoms with van der Waals surface area (Å²) in [5.41, 5.74) is -0.120. The van der Waals surface area contributed by atoms with Gasteiger partial charge in [-0.05, 0) is 19.1 Å². The lowest BCUT2D eigenvalue weighted by Gasteiger charge is -2.21. The van der Waals surface area contributed by atoms with E-state index in [0.29, 0.717) is 13.1 Å². The minimum Gasteiger partial charge on any atom is -0.315 e. The van der Waals surface area contributed by atoms with Crippen molar-refractivity contribution in [1.82, 2.24) is 9.13 Å². The zero-order chi connectivity index (χ0) is 14.5. The van der Waals surface area contributed by atoms with Gasteiger partial charge in [-0.15, -0.1) is 11.6 Å². The van der Waals surface area contributed by atoms with Gasteiger partial charge in [-0.2, -0.15) is 0 Å². The molecular formula is C15H17ClN2O2. The van der Waals surface area contributed by atoms with Gasteiger partial charge < -0.3 is 9.13 Å². The van der Waals surface area contributed by atoms with Crippen LogP contribution in [0.2, 0.25) is 0 Å². The average Bonchev–Trinajstić information content (AvgIpc) is 2.42. The van der Waals surface area contributed by atoms with Crippen LogP contribution in [0, 0.1) is 5.92 Å². The van der Waals surface area contributed by atoms with Crippen LogP contribution in [0.1, 0.15) is 6.92 Å². The molecule has 0 radical (unpaired) electrons. The van der Waals surface area contributed by atoms with E-state index in [0.717, 1.165) is 0 Å². The molecule has 20 heavy (non-hydrogen) atoms. The fourth-order valence-corrected chi connectivity index (χ4v) is 2.24. The smallest absolute Gasteiger partial charge is 0.250 e. The number of halogens is 1. The summed E-state index contributed by atoms with van der Waals surface area (Å²) in [5, 5.41) is -0.144. The van der Waals surface area contributed by atoms with Gasteiger partial charge in [0.25, 0.3) is 11.1 Å². The second-order valence-corrected chi connectivity index (χ2v) is 5.51. The van der Waals surface area contributed by atoms with Crippen LogP contribution in [0.5, 0.6) is 0 Å². The Labute approximate surface area is 122 Å². The molecule has 0 aromatic carbocycles. The lowest BCUT2D eigenvalue weighted by atomic mass is 10.1. The second-order valence-electron chi connectivity index (χ2n) is 4.82. The van der Waals surface area contributed by atoms with Crippen LogP contribution in [0.3, 0.4) is 0 Å². The third-order valence-electron chi connectivity index (χ3n) is 3.31. The SMILES string of the molecule is CC(Cl)C(Cn1ccccc1=O)Cn1ccccc1=O. The van der Waals surface area contributed by atoms with Gasteiger partial charge in [-0.25, -0.2) is 0 Å². The van der Waals surface area contributed by atoms with E-state index in [1.54, 1.807) is 33.7 Å². The van der Waals surface area contributed by atoms with E-state index >= 15 is 0 Å². The molecule has 0 saturated carbocycles. The van der Waals surface area contributed by atoms with Crippen LogP contribution in [-0.4, -0.2) is 14.5 Å². The van der Waals surface area contributed by atoms with Crippen molar-refractivity contribution in [3.8, 4) is 0 Å². The molecule has 0 N–H and O–H groups in total. The molecule has 0 amide bonds. The van der Waals surface area contributed by atoms with Crippen LogP contribution in [-0.2, 0) is 13.1 Å². The number of aromatic nitrogens is 2. The third-order valence-corrected chi connectivity index (χ3v) is 3.67. The number of alkyl halides is 1. The highest BCUT2D eigenvalue weighted by Crippen LogP contribution is 2.14. The maximum Gasteiger partial charge on any atom is 0.250 e. The fraction of sp³-hybridized carbons (Fsp3) is 0.333. The molecule has 0 spiro atoms. The standard InChI is InChI=1S/C15H17ClN2O2/c1-12(16)13(10-17-8-4-2-6-14(17)19)11-18-9-5-3-7-15(18)20/h2-9,12-13H,10-11H2,1H3. The molecule has 2 heterocycles. The van der Waals surface area contributed by atoms with E-state index < -0.39 is 0 Å². The summed E-state index contributed by atoms with van der Waals surface area (Å²) >= 11 is 6.22. The van der Waals surface area contributed by atoms with E-state index in [9.17, 15) is 9.59 Å². The lowest BCUT2D eigenvalue weighted by molar-refractivity contribution is 0.370. The Morgan fingerprint density at radius 3 is 1.75 bits per heavy atom. The molecule has 2 rings (SSSR count). The molecule has 0 bridgehead atoms. The van der Waals surface area contributed by atoms with Gasteiger partial charge in [0.05, 0.1) is 0 Å². The van der Waals surface area contributed by atoms with E-state index in [-0.39, 0.29) is 22.4 Å². The molecule has 5 heteroatoms. The highest BCUT2D eigenvalue weighted by molar-refractivity contribution is 6.20. The second kappa shape index (κ2) is 6.57. The predicted octanol–water partition coefficient (Wildman–Crippen LogP) is 1.95. The minimum absolute atomic E-state index is 0.00290. The number of rotatable bonds is 5. The largest absolute Gasteiger partial charge is 0.315 e. The average molecular weight is 293 g/mol. The van der Waals surface area contributed by atoms with Crippen LogP contribution < -0.4 is 11.1 Å². The first-order valence-electron chi connectivity index (χ1n) is 6.53. The molecule has 0 saturated heterocycles. The first-order valence-corrected chi connectivity index (χ1v) is 6.96. The summed E-state index contributed by atoms with van der Waals surface area (Å²) in [7, 11) is 0. The Kier molecular flexibility index (Phi) is 4.79. The van der Waals surface area contributed by atoms with E-state index in [1.807, 2.05) is 19.1 Å². The third kappa shape index (κ3) is 3.61. The van der Waals surface area contributed by atoms with Crippen LogP contribution >= 0.6 is 11.6 Å². The van der Waals surface area contributed by atoms with E-state index in [2.05, 4.69) is 0 Å². The summed E-state index contributed by atoms with van der Waals surface area (Å²) < 4.78 is 3.25. The molecule has 106 valence electrons. The van der Waals surface area contributed by atoms with Gasteiger partial charge in [0.2, 0.25) is 0 Å². The highest BCUT2D eigenvalue weighted by atomic mass is 35.5. The van der Waals surface area contributed by atoms with Crippen molar-refractivity contribution in [3.63, 3.8) is 0 Å². The number of hydrogen-bond acceptors (Lipinski definition) is 2. The van der Waals surface area contributed by atoms with Crippen LogP contribution in [0.25, 0.3) is 0 Å². The minimum atomic E-state index is -0.144. The first kappa shape index (κ1) is 14.6. The zero-order valence-electron chi connectivity index (χ0n) is 11.3. The quantitative estimate of drug-likeness (QED) is 0.791. The molecular weight excluding hydrogens is 276 g/mol. The molecule has 1 unspecified atom stereocenters. The maximum absolute atomic E-state index is 11.7. The van der Waals surface area contributed by atoms with Gasteiger partial charge >= 0.3 is 0 Å². The summed E-state index contributed by atoms with van der Waals surface area (Å²) in [6.07, 6.45) is 3.48. The van der Waals surface area contributed by atoms with Gasteiger partial charge in [-0.1, -0.05) is 12.1 Å². The fourth-order valence-electron chi connectivity index (χ4n) is 2.08. The zero-order valence-corrected chi connectivity index (χ0v) is 12.0. The molecule has 0 aliphatic carbocycles. The van der Waals surface area contributed by atoms with Crippen molar-refractivity contribution in [1.29, 1.82) is 0 Å². The van der Waals surface area contributed by atoms with Crippen molar-refractivity contribution in [2.45, 2.75) is 25.4 Å². The molecule has 0 fully saturated rings. The Balaban J connectivity index is 2.21. The molecule has 2 aromatic rings. The van der Waals surface area contributed by atoms with Crippen molar-refractivity contribution in [2.75, 3.05) is 0 Å². The summed E-state index contributed by atoms with van der Waals surface area (Å²) in [4.78, 5) is 23.5. The molecule has 2 aromatic heterocycles. The molecule has 0 aliphatic heterocycles. The molecule has 1 atom stereocenters. The topological polar surface area (TPSA) is 44.0 Å². The van der Waals surface area contributed by atoms with Gasteiger partial charge in [0.1, 0.15) is 0 Å². The summed E-state index contributed by atoms with van der Waals surface area (Å²) in [6.45, 7) is 2.87. The number of hydrogen-bond donors (Lipinski definition) is 0. The Hall–Kier alpha value is -1.81. The van der Waals surface area contributed by atoms with Crippen molar-refractivity contribution < 1.29 is 0 Å². The number of pyridine rings is 2. The Morgan fingerprint density at radius 1 is 0.950 bits per heavy atom. The van der Waals surface area contributed by atoms with Crippen molar-refractivity contribution in [2.24, 2.45) is 5.92 Å². The molecule has 0 aliphatic rings. The maximum atomic E-state index is 11.7. The summed E-state index contributed by atoms with van der Waals surface area (Å²) in [6, 6.07) is 10.1. The van der Waals surface area contributed by atoms with Crippen molar-refractivity contribution in [3.05, 3.63) is 69.5 Å². The van der Waals surface area contributed by atoms with Crippen LogP contribution in [0.4, 0.5) is 0 Å². The normalized spacial score (nSPS) is 12.6. The van der Waals surface area contributed by atoms with Gasteiger partial charge in [0, 0.05) is 48.9 Å². The van der Waals surface area contributed by atoms with Crippen molar-refractivity contribution >= 4 is 11.6 Å². The lowest BCUT2D eigenvalue weighted by Crippen LogP contribution is -2.32. The monoisotopic (exact) mass is 292 g/mol. The number of nitrogens with zero attached hydrogens (tertiary/aromatic N) is 2. The summed E-state index contributed by atoms with van der Waals surface area (Å²) in [5.74, 6) is -0.00290. The van der Waals surface area contributed by atoms with Crippen LogP contribution in [0.15, 0.2) is 58.4 Å². The molecule has 4 nitrogen and oxygen atoms in total. The first-order chi connectivity index (χ1) is 9.58. The highest BCUT2D eigenvalue weighted by Gasteiger charge is 2.17. The van der Waals surface area contributed by atoms with Gasteiger partial charge in [0.15, 0.2) is 0 Å². The Bertz CT molecular complexity index is 620. The van der Waals surface area contributed by atoms with E-state index in [1.165, 1.54) is 12.1 Å². The Morgan fingerprint density at radius 2 is 1.40 bits per heavy atom. The van der Waals surface area contributed by atoms with Gasteiger partial charge in [-0.3, -0.25) is 9.59 Å². The van der Waals surface area contributed by atoms with E-state index in [4.69, 9.17) is 11.6 Å².